The molecule has 1 saturated heterocycles. The molecule has 29 heavy (non-hydrogen) atoms. The molecule has 1 rings (SSSR count). The van der Waals surface area contributed by atoms with Gasteiger partial charge in [0.1, 0.15) is 31.0 Å². The van der Waals surface area contributed by atoms with E-state index in [1.54, 1.807) is 0 Å². The number of allylic oxidation sites excluding steroid dienone is 2. The topological polar surface area (TPSA) is 96.2 Å². The molecule has 0 aromatic carbocycles. The summed E-state index contributed by atoms with van der Waals surface area (Å²) in [5, 5.41) is 28.9. The quantitative estimate of drug-likeness (QED) is 0.191. The smallest absolute Gasteiger partial charge is 0.305 e. The number of aliphatic hydroxyl groups is 3. The van der Waals surface area contributed by atoms with E-state index >= 15 is 0 Å². The fourth-order valence-corrected chi connectivity index (χ4v) is 3.47. The Morgan fingerprint density at radius 1 is 1.00 bits per heavy atom. The average Bonchev–Trinajstić information content (AvgIpc) is 3.05. The predicted molar refractivity (Wildman–Crippen MR) is 114 cm³/mol. The molecule has 0 radical (unpaired) electrons. The van der Waals surface area contributed by atoms with E-state index in [0.717, 1.165) is 32.1 Å². The number of hydrogen-bond donors (Lipinski definition) is 3. The van der Waals surface area contributed by atoms with E-state index in [1.165, 1.54) is 44.9 Å². The third kappa shape index (κ3) is 12.4. The van der Waals surface area contributed by atoms with Gasteiger partial charge in [0.25, 0.3) is 0 Å². The van der Waals surface area contributed by atoms with Gasteiger partial charge in [0.15, 0.2) is 0 Å². The molecule has 170 valence electrons. The third-order valence-electron chi connectivity index (χ3n) is 5.38. The van der Waals surface area contributed by atoms with Crippen molar-refractivity contribution in [3.8, 4) is 0 Å². The summed E-state index contributed by atoms with van der Waals surface area (Å²) in [6, 6.07) is 0. The number of ether oxygens (including phenoxy) is 2. The van der Waals surface area contributed by atoms with Crippen molar-refractivity contribution in [1.29, 1.82) is 0 Å². The summed E-state index contributed by atoms with van der Waals surface area (Å²) in [5.41, 5.74) is 0. The molecule has 1 heterocycles. The van der Waals surface area contributed by atoms with Gasteiger partial charge in [-0.1, -0.05) is 64.0 Å². The first-order chi connectivity index (χ1) is 14.1. The van der Waals surface area contributed by atoms with E-state index in [2.05, 4.69) is 19.1 Å². The van der Waals surface area contributed by atoms with Crippen LogP contribution in [0.1, 0.15) is 90.4 Å². The molecule has 0 aliphatic carbocycles. The zero-order valence-corrected chi connectivity index (χ0v) is 18.1. The lowest BCUT2D eigenvalue weighted by Gasteiger charge is -2.20. The van der Waals surface area contributed by atoms with Crippen molar-refractivity contribution in [1.82, 2.24) is 0 Å². The maximum Gasteiger partial charge on any atom is 0.305 e. The maximum absolute atomic E-state index is 11.7. The molecule has 1 aliphatic rings. The first-order valence-corrected chi connectivity index (χ1v) is 11.5. The number of unbranched alkanes of at least 4 members (excludes halogenated alkanes) is 10. The van der Waals surface area contributed by atoms with E-state index < -0.39 is 24.4 Å². The van der Waals surface area contributed by atoms with Gasteiger partial charge in [0.2, 0.25) is 0 Å². The third-order valence-corrected chi connectivity index (χ3v) is 5.38. The SMILES string of the molecule is CCCCCCCC/C=C/CCCCCCC(=O)OC[C@@H](O)[C@H]1OCC(O)[C@H]1O. The van der Waals surface area contributed by atoms with Crippen molar-refractivity contribution in [3.63, 3.8) is 0 Å². The highest BCUT2D eigenvalue weighted by atomic mass is 16.6. The molecule has 6 heteroatoms. The van der Waals surface area contributed by atoms with Crippen LogP contribution < -0.4 is 0 Å². The van der Waals surface area contributed by atoms with Gasteiger partial charge in [-0.2, -0.15) is 0 Å². The Morgan fingerprint density at radius 3 is 2.17 bits per heavy atom. The molecule has 0 spiro atoms. The van der Waals surface area contributed by atoms with Gasteiger partial charge in [-0.25, -0.2) is 0 Å². The Bertz CT molecular complexity index is 439. The molecular weight excluding hydrogens is 372 g/mol. The van der Waals surface area contributed by atoms with Crippen LogP contribution in [0.5, 0.6) is 0 Å². The lowest BCUT2D eigenvalue weighted by molar-refractivity contribution is -0.151. The second kappa shape index (κ2) is 16.8. The molecule has 0 aromatic rings. The summed E-state index contributed by atoms with van der Waals surface area (Å²) in [4.78, 5) is 11.7. The Morgan fingerprint density at radius 2 is 1.59 bits per heavy atom. The van der Waals surface area contributed by atoms with Gasteiger partial charge in [-0.15, -0.1) is 0 Å². The lowest BCUT2D eigenvalue weighted by Crippen LogP contribution is -2.41. The van der Waals surface area contributed by atoms with Gasteiger partial charge in [0.05, 0.1) is 6.61 Å². The molecule has 1 fully saturated rings. The van der Waals surface area contributed by atoms with Crippen LogP contribution >= 0.6 is 0 Å². The number of hydrogen-bond acceptors (Lipinski definition) is 6. The van der Waals surface area contributed by atoms with Gasteiger partial charge in [-0.05, 0) is 32.1 Å². The van der Waals surface area contributed by atoms with Crippen molar-refractivity contribution in [2.45, 2.75) is 115 Å². The molecule has 0 amide bonds. The minimum absolute atomic E-state index is 0.0227. The summed E-state index contributed by atoms with van der Waals surface area (Å²) in [7, 11) is 0. The van der Waals surface area contributed by atoms with E-state index in [1.807, 2.05) is 0 Å². The van der Waals surface area contributed by atoms with Crippen LogP contribution in [0, 0.1) is 0 Å². The van der Waals surface area contributed by atoms with E-state index in [9.17, 15) is 20.1 Å². The summed E-state index contributed by atoms with van der Waals surface area (Å²) in [5.74, 6) is -0.351. The molecule has 6 nitrogen and oxygen atoms in total. The van der Waals surface area contributed by atoms with Crippen LogP contribution in [-0.2, 0) is 14.3 Å². The van der Waals surface area contributed by atoms with Crippen molar-refractivity contribution in [2.75, 3.05) is 13.2 Å². The number of rotatable bonds is 17. The summed E-state index contributed by atoms with van der Waals surface area (Å²) in [6.45, 7) is 2.00. The Kier molecular flexibility index (Phi) is 15.1. The lowest BCUT2D eigenvalue weighted by atomic mass is 10.1. The van der Waals surface area contributed by atoms with E-state index in [0.29, 0.717) is 6.42 Å². The van der Waals surface area contributed by atoms with Crippen molar-refractivity contribution in [2.24, 2.45) is 0 Å². The Balaban J connectivity index is 1.89. The number of carbonyl (C=O) groups excluding carboxylic acids is 1. The molecule has 3 N–H and O–H groups in total. The van der Waals surface area contributed by atoms with Gasteiger partial charge in [0, 0.05) is 6.42 Å². The van der Waals surface area contributed by atoms with Crippen molar-refractivity contribution < 1.29 is 29.6 Å². The molecule has 1 unspecified atom stereocenters. The zero-order valence-electron chi connectivity index (χ0n) is 18.1. The highest BCUT2D eigenvalue weighted by molar-refractivity contribution is 5.69. The van der Waals surface area contributed by atoms with Gasteiger partial charge in [-0.3, -0.25) is 4.79 Å². The first-order valence-electron chi connectivity index (χ1n) is 11.5. The molecule has 0 bridgehead atoms. The Labute approximate surface area is 176 Å². The minimum atomic E-state index is -1.15. The maximum atomic E-state index is 11.7. The second-order valence-corrected chi connectivity index (χ2v) is 8.09. The van der Waals surface area contributed by atoms with Crippen LogP contribution in [-0.4, -0.2) is 58.9 Å². The second-order valence-electron chi connectivity index (χ2n) is 8.09. The number of carbonyl (C=O) groups is 1. The molecule has 4 atom stereocenters. The fraction of sp³-hybridized carbons (Fsp3) is 0.870. The largest absolute Gasteiger partial charge is 0.463 e. The van der Waals surface area contributed by atoms with Gasteiger partial charge < -0.3 is 24.8 Å². The summed E-state index contributed by atoms with van der Waals surface area (Å²) < 4.78 is 10.2. The van der Waals surface area contributed by atoms with Crippen LogP contribution in [0.2, 0.25) is 0 Å². The minimum Gasteiger partial charge on any atom is -0.463 e. The van der Waals surface area contributed by atoms with Gasteiger partial charge >= 0.3 is 5.97 Å². The Hall–Kier alpha value is -0.950. The highest BCUT2D eigenvalue weighted by Crippen LogP contribution is 2.18. The van der Waals surface area contributed by atoms with Crippen LogP contribution in [0.15, 0.2) is 12.2 Å². The van der Waals surface area contributed by atoms with Crippen LogP contribution in [0.3, 0.4) is 0 Å². The molecule has 1 aliphatic heterocycles. The highest BCUT2D eigenvalue weighted by Gasteiger charge is 2.39. The van der Waals surface area contributed by atoms with E-state index in [-0.39, 0.29) is 19.2 Å². The fourth-order valence-electron chi connectivity index (χ4n) is 3.47. The predicted octanol–water partition coefficient (Wildman–Crippen LogP) is 3.66. The monoisotopic (exact) mass is 414 g/mol. The average molecular weight is 415 g/mol. The summed E-state index contributed by atoms with van der Waals surface area (Å²) in [6.07, 6.45) is 15.0. The standard InChI is InChI=1S/C23H42O6/c1-2-3-4-5-6-7-8-9-10-11-12-13-14-15-16-21(26)28-18-20(25)23-22(27)19(24)17-29-23/h9-10,19-20,22-25,27H,2-8,11-18H2,1H3/b10-9+/t19?,20-,22-,23-/m1/s1. The molecule has 0 saturated carbocycles. The van der Waals surface area contributed by atoms with E-state index in [4.69, 9.17) is 9.47 Å². The normalized spacial score (nSPS) is 23.0. The molecule has 0 aromatic heterocycles. The van der Waals surface area contributed by atoms with Crippen LogP contribution in [0.25, 0.3) is 0 Å². The number of esters is 1. The number of aliphatic hydroxyl groups excluding tert-OH is 3. The molecular formula is C23H42O6. The first kappa shape index (κ1) is 26.1. The van der Waals surface area contributed by atoms with Crippen molar-refractivity contribution in [3.05, 3.63) is 12.2 Å². The summed E-state index contributed by atoms with van der Waals surface area (Å²) >= 11 is 0. The van der Waals surface area contributed by atoms with Crippen LogP contribution in [0.4, 0.5) is 0 Å². The zero-order chi connectivity index (χ0) is 21.3. The van der Waals surface area contributed by atoms with Crippen molar-refractivity contribution >= 4 is 5.97 Å².